The molecule has 0 radical (unpaired) electrons. The van der Waals surface area contributed by atoms with E-state index < -0.39 is 5.92 Å². The van der Waals surface area contributed by atoms with E-state index in [2.05, 4.69) is 10.2 Å². The molecule has 2 aromatic heterocycles. The van der Waals surface area contributed by atoms with Gasteiger partial charge in [0.15, 0.2) is 0 Å². The lowest BCUT2D eigenvalue weighted by atomic mass is 9.82. The molecule has 3 heterocycles. The number of thiophene rings is 1. The number of nitrogens with one attached hydrogen (secondary N) is 1. The van der Waals surface area contributed by atoms with E-state index in [9.17, 15) is 9.59 Å². The van der Waals surface area contributed by atoms with Gasteiger partial charge in [0.1, 0.15) is 5.76 Å². The molecule has 0 unspecified atom stereocenters. The molecule has 7 heteroatoms. The van der Waals surface area contributed by atoms with Gasteiger partial charge < -0.3 is 14.6 Å². The zero-order valence-electron chi connectivity index (χ0n) is 19.5. The number of hydrogen-bond acceptors (Lipinski definition) is 5. The Balaban J connectivity index is 1.33. The van der Waals surface area contributed by atoms with Crippen molar-refractivity contribution in [1.82, 2.24) is 15.1 Å². The first-order chi connectivity index (χ1) is 16.6. The predicted molar refractivity (Wildman–Crippen MR) is 133 cm³/mol. The minimum Gasteiger partial charge on any atom is -0.468 e. The molecule has 1 fully saturated rings. The van der Waals surface area contributed by atoms with Crippen LogP contribution in [0, 0.1) is 0 Å². The second-order valence-corrected chi connectivity index (χ2v) is 10.2. The monoisotopic (exact) mass is 477 g/mol. The van der Waals surface area contributed by atoms with Crippen molar-refractivity contribution in [3.05, 3.63) is 81.9 Å². The van der Waals surface area contributed by atoms with E-state index in [0.717, 1.165) is 29.3 Å². The Kier molecular flexibility index (Phi) is 6.83. The molecule has 1 saturated carbocycles. The highest BCUT2D eigenvalue weighted by Crippen LogP contribution is 2.43. The highest BCUT2D eigenvalue weighted by atomic mass is 32.1. The standard InChI is InChI=1S/C27H31N3O3S/c1-29-25(23-13-7-17-34-23)24(21-11-4-5-12-22(21)27(29)32)26(31)28-14-15-30(19-8-2-3-9-19)18-20-10-6-16-33-20/h4-7,10-13,16-17,19,24-25H,2-3,8-9,14-15,18H2,1H3,(H,28,31)/t24-,25+/m1/s1. The van der Waals surface area contributed by atoms with Crippen molar-refractivity contribution in [3.63, 3.8) is 0 Å². The van der Waals surface area contributed by atoms with Gasteiger partial charge in [-0.2, -0.15) is 0 Å². The number of benzene rings is 1. The van der Waals surface area contributed by atoms with Gasteiger partial charge in [-0.3, -0.25) is 14.5 Å². The second-order valence-electron chi connectivity index (χ2n) is 9.22. The molecule has 2 aliphatic rings. The molecule has 0 spiro atoms. The number of carbonyl (C=O) groups excluding carboxylic acids is 2. The number of likely N-dealkylation sites (N-methyl/N-ethyl adjacent to an activating group) is 1. The Bertz CT molecular complexity index is 1110. The summed E-state index contributed by atoms with van der Waals surface area (Å²) in [6.45, 7) is 2.09. The number of nitrogens with zero attached hydrogens (tertiary/aromatic N) is 2. The molecule has 1 aliphatic heterocycles. The van der Waals surface area contributed by atoms with Gasteiger partial charge in [-0.1, -0.05) is 37.1 Å². The van der Waals surface area contributed by atoms with Crippen molar-refractivity contribution < 1.29 is 14.0 Å². The van der Waals surface area contributed by atoms with Crippen LogP contribution >= 0.6 is 11.3 Å². The van der Waals surface area contributed by atoms with Gasteiger partial charge >= 0.3 is 0 Å². The summed E-state index contributed by atoms with van der Waals surface area (Å²) in [5, 5.41) is 5.21. The molecule has 178 valence electrons. The molecule has 0 bridgehead atoms. The third-order valence-corrected chi connectivity index (χ3v) is 8.12. The summed E-state index contributed by atoms with van der Waals surface area (Å²) in [6.07, 6.45) is 6.61. The van der Waals surface area contributed by atoms with Crippen LogP contribution in [0.15, 0.2) is 64.6 Å². The minimum absolute atomic E-state index is 0.0328. The van der Waals surface area contributed by atoms with E-state index in [1.807, 2.05) is 53.9 Å². The zero-order valence-corrected chi connectivity index (χ0v) is 20.3. The van der Waals surface area contributed by atoms with Crippen LogP contribution in [0.2, 0.25) is 0 Å². The first-order valence-corrected chi connectivity index (χ1v) is 12.9. The van der Waals surface area contributed by atoms with Gasteiger partial charge in [0, 0.05) is 36.6 Å². The van der Waals surface area contributed by atoms with Crippen molar-refractivity contribution in [2.75, 3.05) is 20.1 Å². The fourth-order valence-corrected chi connectivity index (χ4v) is 6.37. The third kappa shape index (κ3) is 4.55. The average Bonchev–Trinajstić information content (AvgIpc) is 3.64. The molecule has 0 saturated heterocycles. The maximum atomic E-state index is 13.7. The van der Waals surface area contributed by atoms with E-state index in [4.69, 9.17) is 4.42 Å². The molecule has 1 aliphatic carbocycles. The Morgan fingerprint density at radius 3 is 2.71 bits per heavy atom. The van der Waals surface area contributed by atoms with Crippen LogP contribution < -0.4 is 5.32 Å². The lowest BCUT2D eigenvalue weighted by Gasteiger charge is -2.39. The van der Waals surface area contributed by atoms with E-state index in [-0.39, 0.29) is 17.9 Å². The number of fused-ring (bicyclic) bond motifs is 1. The van der Waals surface area contributed by atoms with E-state index in [1.165, 1.54) is 25.7 Å². The molecule has 1 N–H and O–H groups in total. The molecular weight excluding hydrogens is 446 g/mol. The van der Waals surface area contributed by atoms with Gasteiger partial charge in [-0.15, -0.1) is 11.3 Å². The fourth-order valence-electron chi connectivity index (χ4n) is 5.47. The quantitative estimate of drug-likeness (QED) is 0.506. The minimum atomic E-state index is -0.442. The second kappa shape index (κ2) is 10.2. The lowest BCUT2D eigenvalue weighted by Crippen LogP contribution is -2.47. The number of hydrogen-bond donors (Lipinski definition) is 1. The summed E-state index contributed by atoms with van der Waals surface area (Å²) < 4.78 is 5.60. The molecular formula is C27H31N3O3S. The van der Waals surface area contributed by atoms with Crippen molar-refractivity contribution in [3.8, 4) is 0 Å². The SMILES string of the molecule is CN1C(=O)c2ccccc2[C@@H](C(=O)NCCN(Cc2ccco2)C2CCCC2)[C@@H]1c1cccs1. The summed E-state index contributed by atoms with van der Waals surface area (Å²) in [7, 11) is 1.80. The van der Waals surface area contributed by atoms with Crippen LogP contribution in [-0.2, 0) is 11.3 Å². The van der Waals surface area contributed by atoms with Crippen LogP contribution in [0.25, 0.3) is 0 Å². The lowest BCUT2D eigenvalue weighted by molar-refractivity contribution is -0.124. The van der Waals surface area contributed by atoms with Crippen LogP contribution in [0.5, 0.6) is 0 Å². The fraction of sp³-hybridized carbons (Fsp3) is 0.407. The highest BCUT2D eigenvalue weighted by molar-refractivity contribution is 7.10. The molecule has 34 heavy (non-hydrogen) atoms. The van der Waals surface area contributed by atoms with Gasteiger partial charge in [0.05, 0.1) is 24.8 Å². The zero-order chi connectivity index (χ0) is 23.5. The largest absolute Gasteiger partial charge is 0.468 e. The van der Waals surface area contributed by atoms with Gasteiger partial charge in [0.2, 0.25) is 5.91 Å². The van der Waals surface area contributed by atoms with Crippen LogP contribution in [-0.4, -0.2) is 47.8 Å². The van der Waals surface area contributed by atoms with Crippen LogP contribution in [0.3, 0.4) is 0 Å². The molecule has 6 nitrogen and oxygen atoms in total. The molecule has 2 atom stereocenters. The first kappa shape index (κ1) is 22.9. The number of rotatable bonds is 8. The Morgan fingerprint density at radius 1 is 1.15 bits per heavy atom. The van der Waals surface area contributed by atoms with Crippen LogP contribution in [0.4, 0.5) is 0 Å². The Morgan fingerprint density at radius 2 is 1.97 bits per heavy atom. The maximum Gasteiger partial charge on any atom is 0.254 e. The predicted octanol–water partition coefficient (Wildman–Crippen LogP) is 4.81. The smallest absolute Gasteiger partial charge is 0.254 e. The summed E-state index contributed by atoms with van der Waals surface area (Å²) in [6, 6.07) is 15.7. The summed E-state index contributed by atoms with van der Waals surface area (Å²) in [5.74, 6) is 0.443. The van der Waals surface area contributed by atoms with Gasteiger partial charge in [-0.25, -0.2) is 0 Å². The molecule has 5 rings (SSSR count). The Hall–Kier alpha value is -2.90. The molecule has 1 aromatic carbocycles. The van der Waals surface area contributed by atoms with E-state index in [0.29, 0.717) is 18.2 Å². The third-order valence-electron chi connectivity index (χ3n) is 7.18. The van der Waals surface area contributed by atoms with Crippen molar-refractivity contribution >= 4 is 23.2 Å². The van der Waals surface area contributed by atoms with E-state index in [1.54, 1.807) is 29.5 Å². The van der Waals surface area contributed by atoms with Crippen LogP contribution in [0.1, 0.15) is 64.2 Å². The number of carbonyl (C=O) groups is 2. The van der Waals surface area contributed by atoms with Crippen molar-refractivity contribution in [1.29, 1.82) is 0 Å². The van der Waals surface area contributed by atoms with Gasteiger partial charge in [-0.05, 0) is 48.1 Å². The normalized spacial score (nSPS) is 20.6. The first-order valence-electron chi connectivity index (χ1n) is 12.1. The summed E-state index contributed by atoms with van der Waals surface area (Å²) >= 11 is 1.59. The summed E-state index contributed by atoms with van der Waals surface area (Å²) in [4.78, 5) is 31.9. The molecule has 3 aromatic rings. The highest BCUT2D eigenvalue weighted by Gasteiger charge is 2.43. The van der Waals surface area contributed by atoms with Gasteiger partial charge in [0.25, 0.3) is 5.91 Å². The number of amides is 2. The van der Waals surface area contributed by atoms with E-state index >= 15 is 0 Å². The molecule has 2 amide bonds. The van der Waals surface area contributed by atoms with Crippen molar-refractivity contribution in [2.45, 2.75) is 50.2 Å². The average molecular weight is 478 g/mol. The topological polar surface area (TPSA) is 65.8 Å². The number of furan rings is 1. The van der Waals surface area contributed by atoms with Crippen molar-refractivity contribution in [2.24, 2.45) is 0 Å². The Labute approximate surface area is 204 Å². The maximum absolute atomic E-state index is 13.7. The summed E-state index contributed by atoms with van der Waals surface area (Å²) in [5.41, 5.74) is 1.42.